The number of tetrazole rings is 1. The normalized spacial score (nSPS) is 13.1. The Labute approximate surface area is 71.8 Å². The standard InChI is InChI=1S/CH2N4O6S2/c6-12(7,8)1-2-3-4-5(1)13(9,10)11/h(H2,6,7,8,9,10,11)/p+1. The Kier molecular flexibility index (Phi) is 2.07. The number of hydrogen-bond donors (Lipinski definition) is 3. The molecule has 13 heavy (non-hydrogen) atoms. The number of hydrogen-bond acceptors (Lipinski definition) is 6. The van der Waals surface area contributed by atoms with E-state index in [-0.39, 0.29) is 4.09 Å². The minimum atomic E-state index is -4.88. The highest BCUT2D eigenvalue weighted by molar-refractivity contribution is 7.86. The predicted molar refractivity (Wildman–Crippen MR) is 33.3 cm³/mol. The van der Waals surface area contributed by atoms with Crippen LogP contribution in [0.1, 0.15) is 0 Å². The van der Waals surface area contributed by atoms with Gasteiger partial charge in [0.2, 0.25) is 0 Å². The first-order chi connectivity index (χ1) is 5.73. The van der Waals surface area contributed by atoms with E-state index in [1.165, 1.54) is 5.21 Å². The zero-order valence-corrected chi connectivity index (χ0v) is 7.32. The number of nitrogens with one attached hydrogen (secondary N) is 1. The third-order valence-corrected chi connectivity index (χ3v) is 2.46. The monoisotopic (exact) mass is 231 g/mol. The van der Waals surface area contributed by atoms with Crippen LogP contribution in [0, 0.1) is 0 Å². The van der Waals surface area contributed by atoms with Gasteiger partial charge in [0.1, 0.15) is 5.10 Å². The van der Waals surface area contributed by atoms with Crippen LogP contribution in [-0.4, -0.2) is 41.5 Å². The number of nitrogens with zero attached hydrogens (tertiary/aromatic N) is 3. The van der Waals surface area contributed by atoms with Crippen LogP contribution in [0.2, 0.25) is 0 Å². The third-order valence-electron chi connectivity index (χ3n) is 0.906. The van der Waals surface area contributed by atoms with E-state index in [1.807, 2.05) is 0 Å². The van der Waals surface area contributed by atoms with E-state index < -0.39 is 25.6 Å². The van der Waals surface area contributed by atoms with E-state index in [1.54, 1.807) is 0 Å². The molecule has 0 fully saturated rings. The van der Waals surface area contributed by atoms with Crippen molar-refractivity contribution in [3.8, 4) is 0 Å². The molecule has 1 aromatic heterocycles. The van der Waals surface area contributed by atoms with Crippen LogP contribution in [0.25, 0.3) is 0 Å². The molecule has 1 aromatic rings. The molecule has 0 aliphatic rings. The maximum Gasteiger partial charge on any atom is 0.460 e. The SMILES string of the molecule is O=S(=O)(O)c1nn[nH][n+]1S(=O)(=O)O. The summed E-state index contributed by atoms with van der Waals surface area (Å²) in [7, 11) is -9.73. The third kappa shape index (κ3) is 1.97. The van der Waals surface area contributed by atoms with Gasteiger partial charge in [-0.2, -0.15) is 16.8 Å². The zero-order chi connectivity index (χ0) is 10.3. The molecule has 0 saturated heterocycles. The van der Waals surface area contributed by atoms with Gasteiger partial charge < -0.3 is 0 Å². The van der Waals surface area contributed by atoms with Crippen LogP contribution >= 0.6 is 0 Å². The van der Waals surface area contributed by atoms with Crippen molar-refractivity contribution in [1.29, 1.82) is 0 Å². The van der Waals surface area contributed by atoms with E-state index >= 15 is 0 Å². The molecule has 0 unspecified atom stereocenters. The van der Waals surface area contributed by atoms with Crippen molar-refractivity contribution >= 4 is 20.4 Å². The molecule has 0 radical (unpaired) electrons. The molecule has 0 aliphatic carbocycles. The van der Waals surface area contributed by atoms with E-state index in [2.05, 4.69) is 10.3 Å². The first-order valence-corrected chi connectivity index (χ1v) is 5.35. The predicted octanol–water partition coefficient (Wildman–Crippen LogP) is -3.01. The number of H-pyrrole nitrogens is 1. The second kappa shape index (κ2) is 2.69. The lowest BCUT2D eigenvalue weighted by Gasteiger charge is -1.89. The lowest BCUT2D eigenvalue weighted by molar-refractivity contribution is -0.628. The Morgan fingerprint density at radius 2 is 1.77 bits per heavy atom. The Hall–Kier alpha value is -1.11. The maximum absolute atomic E-state index is 10.4. The van der Waals surface area contributed by atoms with Gasteiger partial charge in [-0.15, -0.1) is 0 Å². The van der Waals surface area contributed by atoms with Crippen LogP contribution in [0.5, 0.6) is 0 Å². The molecular weight excluding hydrogens is 228 g/mol. The van der Waals surface area contributed by atoms with E-state index in [0.29, 0.717) is 0 Å². The first-order valence-electron chi connectivity index (χ1n) is 2.51. The second-order valence-corrected chi connectivity index (χ2v) is 4.38. The Bertz CT molecular complexity index is 462. The summed E-state index contributed by atoms with van der Waals surface area (Å²) in [6.45, 7) is 0. The first kappa shape index (κ1) is 9.97. The highest BCUT2D eigenvalue weighted by atomic mass is 32.2. The molecule has 10 nitrogen and oxygen atoms in total. The van der Waals surface area contributed by atoms with Gasteiger partial charge in [-0.25, -0.2) is 0 Å². The van der Waals surface area contributed by atoms with E-state index in [4.69, 9.17) is 9.11 Å². The molecule has 1 rings (SSSR count). The summed E-state index contributed by atoms with van der Waals surface area (Å²) < 4.78 is 58.0. The fourth-order valence-corrected chi connectivity index (χ4v) is 1.83. The summed E-state index contributed by atoms with van der Waals surface area (Å²) in [5.41, 5.74) is 0. The van der Waals surface area contributed by atoms with Crippen molar-refractivity contribution in [1.82, 2.24) is 15.5 Å². The fourth-order valence-electron chi connectivity index (χ4n) is 0.496. The van der Waals surface area contributed by atoms with Crippen LogP contribution in [-0.2, 0) is 20.4 Å². The lowest BCUT2D eigenvalue weighted by Crippen LogP contribution is -2.48. The Balaban J connectivity index is 3.54. The van der Waals surface area contributed by atoms with Crippen molar-refractivity contribution in [2.24, 2.45) is 0 Å². The lowest BCUT2D eigenvalue weighted by atomic mass is 11.4. The van der Waals surface area contributed by atoms with Crippen LogP contribution in [0.15, 0.2) is 5.16 Å². The van der Waals surface area contributed by atoms with Crippen molar-refractivity contribution in [3.63, 3.8) is 0 Å². The molecule has 0 bridgehead atoms. The molecule has 0 aromatic carbocycles. The largest absolute Gasteiger partial charge is 0.460 e. The summed E-state index contributed by atoms with van der Waals surface area (Å²) in [6, 6.07) is 0. The van der Waals surface area contributed by atoms with E-state index in [9.17, 15) is 16.8 Å². The summed E-state index contributed by atoms with van der Waals surface area (Å²) >= 11 is 0. The maximum atomic E-state index is 10.4. The van der Waals surface area contributed by atoms with Crippen molar-refractivity contribution in [3.05, 3.63) is 0 Å². The van der Waals surface area contributed by atoms with Gasteiger partial charge in [-0.3, -0.25) is 9.11 Å². The second-order valence-electron chi connectivity index (χ2n) is 1.80. The minimum absolute atomic E-state index is 0.303. The van der Waals surface area contributed by atoms with Gasteiger partial charge in [0.05, 0.1) is 0 Å². The molecule has 3 N–H and O–H groups in total. The molecule has 1 heterocycles. The quantitative estimate of drug-likeness (QED) is 0.359. The Morgan fingerprint density at radius 3 is 2.08 bits per heavy atom. The van der Waals surface area contributed by atoms with Crippen molar-refractivity contribution < 1.29 is 30.0 Å². The molecule has 74 valence electrons. The molecule has 0 atom stereocenters. The average molecular weight is 231 g/mol. The van der Waals surface area contributed by atoms with Crippen LogP contribution in [0.3, 0.4) is 0 Å². The van der Waals surface area contributed by atoms with Gasteiger partial charge >= 0.3 is 25.6 Å². The van der Waals surface area contributed by atoms with Crippen molar-refractivity contribution in [2.75, 3.05) is 0 Å². The molecule has 0 amide bonds. The minimum Gasteiger partial charge on any atom is -0.277 e. The molecule has 0 spiro atoms. The van der Waals surface area contributed by atoms with Gasteiger partial charge in [0, 0.05) is 0 Å². The van der Waals surface area contributed by atoms with E-state index in [0.717, 1.165) is 0 Å². The highest BCUT2D eigenvalue weighted by Crippen LogP contribution is 1.94. The molecular formula is CH3N4O6S2+. The molecule has 0 aliphatic heterocycles. The van der Waals surface area contributed by atoms with Gasteiger partial charge in [-0.05, 0) is 4.09 Å². The summed E-state index contributed by atoms with van der Waals surface area (Å²) in [5.74, 6) is 0. The summed E-state index contributed by atoms with van der Waals surface area (Å²) in [4.78, 5) is 0. The molecule has 12 heteroatoms. The number of rotatable bonds is 2. The van der Waals surface area contributed by atoms with Crippen LogP contribution < -0.4 is 4.09 Å². The highest BCUT2D eigenvalue weighted by Gasteiger charge is 2.34. The summed E-state index contributed by atoms with van der Waals surface area (Å²) in [5, 5.41) is 5.71. The average Bonchev–Trinajstić information content (AvgIpc) is 2.27. The van der Waals surface area contributed by atoms with Gasteiger partial charge in [-0.1, -0.05) is 5.21 Å². The number of aromatic amines is 1. The molecule has 0 saturated carbocycles. The van der Waals surface area contributed by atoms with Gasteiger partial charge in [0.15, 0.2) is 5.21 Å². The zero-order valence-electron chi connectivity index (χ0n) is 5.69. The van der Waals surface area contributed by atoms with Crippen molar-refractivity contribution in [2.45, 2.75) is 5.16 Å². The fraction of sp³-hybridized carbons (Fsp3) is 0. The Morgan fingerprint density at radius 1 is 1.23 bits per heavy atom. The smallest absolute Gasteiger partial charge is 0.277 e. The number of aromatic nitrogens is 4. The van der Waals surface area contributed by atoms with Crippen LogP contribution in [0.4, 0.5) is 0 Å². The van der Waals surface area contributed by atoms with Gasteiger partial charge in [0.25, 0.3) is 0 Å². The topological polar surface area (TPSA) is 154 Å². The summed E-state index contributed by atoms with van der Waals surface area (Å²) in [6.07, 6.45) is 0.